The van der Waals surface area contributed by atoms with E-state index in [1.165, 1.54) is 23.1 Å². The van der Waals surface area contributed by atoms with E-state index < -0.39 is 17.8 Å². The Balaban J connectivity index is 1.56. The molecule has 0 bridgehead atoms. The van der Waals surface area contributed by atoms with Crippen LogP contribution in [-0.4, -0.2) is 28.0 Å². The van der Waals surface area contributed by atoms with E-state index in [-0.39, 0.29) is 22.9 Å². The van der Waals surface area contributed by atoms with Gasteiger partial charge in [-0.3, -0.25) is 19.8 Å². The number of carbonyl (C=O) groups is 3. The molecule has 0 aliphatic carbocycles. The predicted molar refractivity (Wildman–Crippen MR) is 142 cm³/mol. The van der Waals surface area contributed by atoms with Crippen LogP contribution in [0.1, 0.15) is 21.5 Å². The van der Waals surface area contributed by atoms with Gasteiger partial charge in [-0.15, -0.1) is 0 Å². The van der Waals surface area contributed by atoms with Crippen molar-refractivity contribution in [2.24, 2.45) is 0 Å². The summed E-state index contributed by atoms with van der Waals surface area (Å²) in [6, 6.07) is 18.7. The smallest absolute Gasteiger partial charge is 0.335 e. The number of carboxylic acid groups (broad SMARTS) is 1. The fourth-order valence-electron chi connectivity index (χ4n) is 3.34. The minimum Gasteiger partial charge on any atom is -0.487 e. The molecule has 0 saturated carbocycles. The Labute approximate surface area is 222 Å². The lowest BCUT2D eigenvalue weighted by atomic mass is 10.1. The lowest BCUT2D eigenvalue weighted by molar-refractivity contribution is -0.122. The lowest BCUT2D eigenvalue weighted by Crippen LogP contribution is -2.54. The van der Waals surface area contributed by atoms with Gasteiger partial charge in [0.25, 0.3) is 11.8 Å². The standard InChI is InChI=1S/C25H16Br2N2O5S/c26-19-11-15(12-20(27)21(19)34-13-14-6-8-16(9-7-14)24(32)33)10-18-22(30)28-25(35)29(23(18)31)17-4-2-1-3-5-17/h1-12H,13H2,(H,32,33)(H,28,30,35). The summed E-state index contributed by atoms with van der Waals surface area (Å²) >= 11 is 12.2. The van der Waals surface area contributed by atoms with Crippen molar-refractivity contribution in [3.63, 3.8) is 0 Å². The number of nitrogens with zero attached hydrogens (tertiary/aromatic N) is 1. The van der Waals surface area contributed by atoms with E-state index in [0.29, 0.717) is 25.9 Å². The largest absolute Gasteiger partial charge is 0.487 e. The summed E-state index contributed by atoms with van der Waals surface area (Å²) in [5, 5.41) is 11.6. The third-order valence-corrected chi connectivity index (χ3v) is 6.49. The highest BCUT2D eigenvalue weighted by atomic mass is 79.9. The van der Waals surface area contributed by atoms with E-state index in [9.17, 15) is 14.4 Å². The number of hydrogen-bond acceptors (Lipinski definition) is 5. The molecule has 1 saturated heterocycles. The number of carbonyl (C=O) groups excluding carboxylic acids is 2. The van der Waals surface area contributed by atoms with Gasteiger partial charge in [0.1, 0.15) is 17.9 Å². The third kappa shape index (κ3) is 5.50. The zero-order valence-corrected chi connectivity index (χ0v) is 21.8. The van der Waals surface area contributed by atoms with E-state index >= 15 is 0 Å². The second-order valence-corrected chi connectivity index (χ2v) is 9.49. The van der Waals surface area contributed by atoms with Crippen LogP contribution in [-0.2, 0) is 16.2 Å². The number of anilines is 1. The van der Waals surface area contributed by atoms with Gasteiger partial charge >= 0.3 is 5.97 Å². The zero-order valence-electron chi connectivity index (χ0n) is 17.8. The van der Waals surface area contributed by atoms with Crippen LogP contribution in [0.15, 0.2) is 81.2 Å². The van der Waals surface area contributed by atoms with Gasteiger partial charge in [0.05, 0.1) is 20.2 Å². The lowest BCUT2D eigenvalue weighted by Gasteiger charge is -2.28. The number of rotatable bonds is 6. The molecule has 2 amide bonds. The molecule has 1 heterocycles. The summed E-state index contributed by atoms with van der Waals surface area (Å²) in [5.74, 6) is -1.58. The molecular weight excluding hydrogens is 600 g/mol. The zero-order chi connectivity index (χ0) is 25.1. The summed E-state index contributed by atoms with van der Waals surface area (Å²) in [6.07, 6.45) is 1.49. The SMILES string of the molecule is O=C1NC(=S)N(c2ccccc2)C(=O)C1=Cc1cc(Br)c(OCc2ccc(C(=O)O)cc2)c(Br)c1. The normalized spacial score (nSPS) is 14.7. The van der Waals surface area contributed by atoms with E-state index in [1.54, 1.807) is 48.5 Å². The van der Waals surface area contributed by atoms with Crippen LogP contribution in [0.4, 0.5) is 5.69 Å². The first-order chi connectivity index (χ1) is 16.7. The van der Waals surface area contributed by atoms with Crippen LogP contribution < -0.4 is 15.0 Å². The molecule has 7 nitrogen and oxygen atoms in total. The molecular formula is C25H16Br2N2O5S. The van der Waals surface area contributed by atoms with Gasteiger partial charge in [0.15, 0.2) is 5.11 Å². The Morgan fingerprint density at radius 1 is 1.03 bits per heavy atom. The Morgan fingerprint density at radius 2 is 1.66 bits per heavy atom. The van der Waals surface area contributed by atoms with Crippen molar-refractivity contribution in [1.29, 1.82) is 0 Å². The van der Waals surface area contributed by atoms with Gasteiger partial charge in [-0.05, 0) is 97.7 Å². The first-order valence-electron chi connectivity index (χ1n) is 10.1. The van der Waals surface area contributed by atoms with Crippen molar-refractivity contribution in [2.75, 3.05) is 4.90 Å². The summed E-state index contributed by atoms with van der Waals surface area (Å²) in [7, 11) is 0. The van der Waals surface area contributed by atoms with E-state index in [4.69, 9.17) is 22.1 Å². The second-order valence-electron chi connectivity index (χ2n) is 7.40. The van der Waals surface area contributed by atoms with Crippen LogP contribution in [0.2, 0.25) is 0 Å². The fraction of sp³-hybridized carbons (Fsp3) is 0.0400. The quantitative estimate of drug-likeness (QED) is 0.221. The van der Waals surface area contributed by atoms with Gasteiger partial charge in [0.2, 0.25) is 0 Å². The minimum atomic E-state index is -0.994. The van der Waals surface area contributed by atoms with Gasteiger partial charge < -0.3 is 9.84 Å². The van der Waals surface area contributed by atoms with E-state index in [1.807, 2.05) is 6.07 Å². The van der Waals surface area contributed by atoms with Crippen LogP contribution >= 0.6 is 44.1 Å². The van der Waals surface area contributed by atoms with Crippen LogP contribution in [0.25, 0.3) is 6.08 Å². The minimum absolute atomic E-state index is 0.0193. The molecule has 0 unspecified atom stereocenters. The molecule has 1 aliphatic rings. The average Bonchev–Trinajstić information content (AvgIpc) is 2.82. The summed E-state index contributed by atoms with van der Waals surface area (Å²) in [5.41, 5.74) is 2.06. The molecule has 2 N–H and O–H groups in total. The number of ether oxygens (including phenoxy) is 1. The second kappa shape index (κ2) is 10.5. The molecule has 10 heteroatoms. The van der Waals surface area contributed by atoms with Crippen molar-refractivity contribution < 1.29 is 24.2 Å². The summed E-state index contributed by atoms with van der Waals surface area (Å²) < 4.78 is 7.09. The number of halogens is 2. The van der Waals surface area contributed by atoms with E-state index in [0.717, 1.165) is 5.56 Å². The maximum Gasteiger partial charge on any atom is 0.335 e. The molecule has 3 aromatic carbocycles. The predicted octanol–water partition coefficient (Wildman–Crippen LogP) is 5.32. The van der Waals surface area contributed by atoms with Crippen molar-refractivity contribution in [3.05, 3.63) is 97.9 Å². The van der Waals surface area contributed by atoms with Crippen LogP contribution in [0, 0.1) is 0 Å². The number of amides is 2. The molecule has 1 aliphatic heterocycles. The molecule has 0 aromatic heterocycles. The van der Waals surface area contributed by atoms with Gasteiger partial charge in [-0.2, -0.15) is 0 Å². The summed E-state index contributed by atoms with van der Waals surface area (Å²) in [4.78, 5) is 38.0. The molecule has 4 rings (SSSR count). The highest BCUT2D eigenvalue weighted by Gasteiger charge is 2.34. The fourth-order valence-corrected chi connectivity index (χ4v) is 5.07. The Hall–Kier alpha value is -3.34. The number of thiocarbonyl (C=S) groups is 1. The van der Waals surface area contributed by atoms with Gasteiger partial charge in [0, 0.05) is 0 Å². The Bertz CT molecular complexity index is 1350. The number of aromatic carboxylic acids is 1. The van der Waals surface area contributed by atoms with Crippen molar-refractivity contribution >= 4 is 78.7 Å². The number of para-hydroxylation sites is 1. The van der Waals surface area contributed by atoms with Crippen molar-refractivity contribution in [1.82, 2.24) is 5.32 Å². The number of nitrogens with one attached hydrogen (secondary N) is 1. The topological polar surface area (TPSA) is 95.9 Å². The van der Waals surface area contributed by atoms with Crippen LogP contribution in [0.5, 0.6) is 5.75 Å². The first kappa shape index (κ1) is 24.8. The molecule has 35 heavy (non-hydrogen) atoms. The van der Waals surface area contributed by atoms with Gasteiger partial charge in [-0.1, -0.05) is 30.3 Å². The number of carboxylic acids is 1. The molecule has 0 spiro atoms. The van der Waals surface area contributed by atoms with Crippen LogP contribution in [0.3, 0.4) is 0 Å². The number of benzene rings is 3. The monoisotopic (exact) mass is 614 g/mol. The van der Waals surface area contributed by atoms with Crippen molar-refractivity contribution in [3.8, 4) is 5.75 Å². The Morgan fingerprint density at radius 3 is 2.26 bits per heavy atom. The Kier molecular flexibility index (Phi) is 7.44. The molecule has 1 fully saturated rings. The highest BCUT2D eigenvalue weighted by Crippen LogP contribution is 2.36. The van der Waals surface area contributed by atoms with Crippen molar-refractivity contribution in [2.45, 2.75) is 6.61 Å². The average molecular weight is 616 g/mol. The summed E-state index contributed by atoms with van der Waals surface area (Å²) in [6.45, 7) is 0.210. The number of hydrogen-bond donors (Lipinski definition) is 2. The molecule has 176 valence electrons. The van der Waals surface area contributed by atoms with E-state index in [2.05, 4.69) is 37.2 Å². The molecule has 0 atom stereocenters. The molecule has 0 radical (unpaired) electrons. The highest BCUT2D eigenvalue weighted by molar-refractivity contribution is 9.11. The first-order valence-corrected chi connectivity index (χ1v) is 12.1. The maximum absolute atomic E-state index is 13.1. The maximum atomic E-state index is 13.1. The molecule has 3 aromatic rings. The third-order valence-electron chi connectivity index (χ3n) is 5.03. The van der Waals surface area contributed by atoms with Gasteiger partial charge in [-0.25, -0.2) is 4.79 Å².